The van der Waals surface area contributed by atoms with Gasteiger partial charge in [-0.2, -0.15) is 15.3 Å². The van der Waals surface area contributed by atoms with E-state index in [2.05, 4.69) is 23.1 Å². The Morgan fingerprint density at radius 1 is 1.07 bits per heavy atom. The summed E-state index contributed by atoms with van der Waals surface area (Å²) in [5.41, 5.74) is 5.11. The maximum Gasteiger partial charge on any atom is 0.335 e. The molecule has 9 nitrogen and oxygen atoms in total. The Morgan fingerprint density at radius 3 is 2.49 bits per heavy atom. The van der Waals surface area contributed by atoms with Gasteiger partial charge >= 0.3 is 5.97 Å². The maximum atomic E-state index is 14.3. The molecular weight excluding hydrogens is 542 g/mol. The molecule has 2 heterocycles. The van der Waals surface area contributed by atoms with Gasteiger partial charge in [0.25, 0.3) is 5.56 Å². The molecule has 0 saturated heterocycles. The van der Waals surface area contributed by atoms with Crippen molar-refractivity contribution in [3.63, 3.8) is 0 Å². The molecule has 2 aromatic carbocycles. The van der Waals surface area contributed by atoms with E-state index in [0.29, 0.717) is 37.2 Å². The number of nitrogens with zero attached hydrogens (tertiary/aromatic N) is 5. The molecule has 1 aliphatic rings. The highest BCUT2D eigenvalue weighted by Crippen LogP contribution is 2.32. The van der Waals surface area contributed by atoms with Crippen LogP contribution in [0.3, 0.4) is 0 Å². The fraction of sp³-hybridized carbons (Fsp3) is 0.441. The third-order valence-corrected chi connectivity index (χ3v) is 8.29. The Labute approximate surface area is 252 Å². The SMILES string of the molecule is CCCc1c(Cc2ccc(-c3ccccc3C#N)cc2)c(=O)n([C@H]2CC[C@H](OC(CC)C(=O)OCC)CC2)c2ncnn12. The Morgan fingerprint density at radius 2 is 1.81 bits per heavy atom. The lowest BCUT2D eigenvalue weighted by molar-refractivity contribution is -0.162. The molecule has 1 fully saturated rings. The minimum Gasteiger partial charge on any atom is -0.464 e. The standard InChI is InChI=1S/C34H39N5O4/c1-4-9-30-29(20-23-12-14-24(15-13-23)28-11-8-7-10-25(28)21-35)32(40)38(34-36-22-37-39(30)34)26-16-18-27(19-17-26)43-31(5-2)33(41)42-6-3/h7-8,10-15,22,26-27,31H,4-6,9,16-20H2,1-3H3/t26-,27-,31?. The van der Waals surface area contributed by atoms with Crippen LogP contribution in [0.15, 0.2) is 59.7 Å². The number of benzene rings is 2. The fourth-order valence-corrected chi connectivity index (χ4v) is 6.14. The molecule has 1 unspecified atom stereocenters. The van der Waals surface area contributed by atoms with Gasteiger partial charge in [-0.25, -0.2) is 9.31 Å². The highest BCUT2D eigenvalue weighted by Gasteiger charge is 2.31. The molecule has 0 aliphatic heterocycles. The molecule has 0 bridgehead atoms. The zero-order valence-corrected chi connectivity index (χ0v) is 25.2. The topological polar surface area (TPSA) is 112 Å². The molecule has 1 saturated carbocycles. The summed E-state index contributed by atoms with van der Waals surface area (Å²) in [6.45, 7) is 6.15. The summed E-state index contributed by atoms with van der Waals surface area (Å²) >= 11 is 0. The first kappa shape index (κ1) is 30.2. The number of nitriles is 1. The largest absolute Gasteiger partial charge is 0.464 e. The average molecular weight is 582 g/mol. The monoisotopic (exact) mass is 581 g/mol. The zero-order valence-electron chi connectivity index (χ0n) is 25.2. The van der Waals surface area contributed by atoms with Crippen molar-refractivity contribution in [2.24, 2.45) is 0 Å². The minimum absolute atomic E-state index is 0.0230. The number of aryl methyl sites for hydroxylation is 1. The molecule has 0 N–H and O–H groups in total. The molecular formula is C34H39N5O4. The van der Waals surface area contributed by atoms with Crippen molar-refractivity contribution in [1.82, 2.24) is 19.2 Å². The van der Waals surface area contributed by atoms with E-state index in [4.69, 9.17) is 9.47 Å². The van der Waals surface area contributed by atoms with Crippen LogP contribution >= 0.6 is 0 Å². The molecule has 224 valence electrons. The van der Waals surface area contributed by atoms with E-state index in [0.717, 1.165) is 60.1 Å². The lowest BCUT2D eigenvalue weighted by atomic mass is 9.92. The molecule has 1 atom stereocenters. The maximum absolute atomic E-state index is 14.3. The van der Waals surface area contributed by atoms with Gasteiger partial charge in [-0.05, 0) is 68.2 Å². The van der Waals surface area contributed by atoms with Crippen LogP contribution in [0.25, 0.3) is 16.9 Å². The zero-order chi connectivity index (χ0) is 30.3. The predicted molar refractivity (Wildman–Crippen MR) is 164 cm³/mol. The van der Waals surface area contributed by atoms with Crippen LogP contribution in [0.2, 0.25) is 0 Å². The molecule has 0 amide bonds. The van der Waals surface area contributed by atoms with Crippen LogP contribution in [0, 0.1) is 11.3 Å². The van der Waals surface area contributed by atoms with Crippen molar-refractivity contribution in [3.8, 4) is 17.2 Å². The van der Waals surface area contributed by atoms with E-state index in [1.165, 1.54) is 6.33 Å². The van der Waals surface area contributed by atoms with Gasteiger partial charge in [0.15, 0.2) is 6.10 Å². The lowest BCUT2D eigenvalue weighted by Crippen LogP contribution is -2.37. The Kier molecular flexibility index (Phi) is 9.68. The summed E-state index contributed by atoms with van der Waals surface area (Å²) in [5.74, 6) is 0.259. The van der Waals surface area contributed by atoms with Crippen LogP contribution in [-0.4, -0.2) is 43.9 Å². The van der Waals surface area contributed by atoms with Crippen molar-refractivity contribution in [2.75, 3.05) is 6.61 Å². The van der Waals surface area contributed by atoms with Gasteiger partial charge in [-0.3, -0.25) is 9.36 Å². The number of esters is 1. The second kappa shape index (κ2) is 13.8. The van der Waals surface area contributed by atoms with Crippen LogP contribution in [0.4, 0.5) is 0 Å². The number of rotatable bonds is 11. The molecule has 1 aliphatic carbocycles. The van der Waals surface area contributed by atoms with Gasteiger partial charge in [0.2, 0.25) is 5.78 Å². The van der Waals surface area contributed by atoms with Crippen molar-refractivity contribution in [2.45, 2.75) is 90.4 Å². The van der Waals surface area contributed by atoms with E-state index in [9.17, 15) is 14.9 Å². The van der Waals surface area contributed by atoms with Crippen molar-refractivity contribution in [1.29, 1.82) is 5.26 Å². The average Bonchev–Trinajstić information content (AvgIpc) is 3.52. The van der Waals surface area contributed by atoms with Gasteiger partial charge in [0, 0.05) is 18.0 Å². The van der Waals surface area contributed by atoms with E-state index in [-0.39, 0.29) is 23.7 Å². The van der Waals surface area contributed by atoms with Gasteiger partial charge in [-0.1, -0.05) is 62.7 Å². The Bertz CT molecular complexity index is 1660. The minimum atomic E-state index is -0.563. The van der Waals surface area contributed by atoms with Gasteiger partial charge in [0.05, 0.1) is 30.0 Å². The second-order valence-electron chi connectivity index (χ2n) is 11.1. The Balaban J connectivity index is 1.42. The molecule has 0 radical (unpaired) electrons. The van der Waals surface area contributed by atoms with E-state index in [1.807, 2.05) is 64.5 Å². The number of aromatic nitrogens is 4. The fourth-order valence-electron chi connectivity index (χ4n) is 6.14. The number of hydrogen-bond acceptors (Lipinski definition) is 7. The van der Waals surface area contributed by atoms with E-state index >= 15 is 0 Å². The quantitative estimate of drug-likeness (QED) is 0.205. The normalized spacial score (nSPS) is 17.4. The second-order valence-corrected chi connectivity index (χ2v) is 11.1. The van der Waals surface area contributed by atoms with Gasteiger partial charge in [-0.15, -0.1) is 0 Å². The Hall–Kier alpha value is -4.29. The van der Waals surface area contributed by atoms with Crippen LogP contribution < -0.4 is 5.56 Å². The highest BCUT2D eigenvalue weighted by atomic mass is 16.6. The summed E-state index contributed by atoms with van der Waals surface area (Å²) in [6, 6.07) is 17.9. The summed E-state index contributed by atoms with van der Waals surface area (Å²) in [5, 5.41) is 14.1. The van der Waals surface area contributed by atoms with Gasteiger partial charge in [0.1, 0.15) is 6.33 Å². The summed E-state index contributed by atoms with van der Waals surface area (Å²) in [4.78, 5) is 31.1. The van der Waals surface area contributed by atoms with Crippen molar-refractivity contribution < 1.29 is 14.3 Å². The number of fused-ring (bicyclic) bond motifs is 1. The first-order valence-corrected chi connectivity index (χ1v) is 15.3. The predicted octanol–water partition coefficient (Wildman–Crippen LogP) is 5.81. The highest BCUT2D eigenvalue weighted by molar-refractivity contribution is 5.74. The van der Waals surface area contributed by atoms with Crippen LogP contribution in [0.1, 0.15) is 87.7 Å². The number of ether oxygens (including phenoxy) is 2. The number of hydrogen-bond donors (Lipinski definition) is 0. The summed E-state index contributed by atoms with van der Waals surface area (Å²) < 4.78 is 15.0. The third kappa shape index (κ3) is 6.40. The first-order valence-electron chi connectivity index (χ1n) is 15.3. The van der Waals surface area contributed by atoms with Crippen LogP contribution in [-0.2, 0) is 27.1 Å². The van der Waals surface area contributed by atoms with E-state index in [1.54, 1.807) is 6.92 Å². The van der Waals surface area contributed by atoms with Crippen molar-refractivity contribution >= 4 is 11.7 Å². The molecule has 5 rings (SSSR count). The smallest absolute Gasteiger partial charge is 0.335 e. The molecule has 43 heavy (non-hydrogen) atoms. The summed E-state index contributed by atoms with van der Waals surface area (Å²) in [6.07, 6.45) is 6.49. The molecule has 0 spiro atoms. The lowest BCUT2D eigenvalue weighted by Gasteiger charge is -2.32. The third-order valence-electron chi connectivity index (χ3n) is 8.29. The first-order chi connectivity index (χ1) is 21.0. The van der Waals surface area contributed by atoms with Gasteiger partial charge < -0.3 is 9.47 Å². The number of carbonyl (C=O) groups excluding carboxylic acids is 1. The van der Waals surface area contributed by atoms with Crippen molar-refractivity contribution in [3.05, 3.63) is 87.6 Å². The van der Waals surface area contributed by atoms with Crippen LogP contribution in [0.5, 0.6) is 0 Å². The van der Waals surface area contributed by atoms with E-state index < -0.39 is 6.10 Å². The molecule has 9 heteroatoms. The summed E-state index contributed by atoms with van der Waals surface area (Å²) in [7, 11) is 0. The molecule has 4 aromatic rings. The number of carbonyl (C=O) groups is 1. The molecule has 2 aromatic heterocycles.